The molecule has 0 saturated carbocycles. The molecule has 0 unspecified atom stereocenters. The third-order valence-corrected chi connectivity index (χ3v) is 3.89. The standard InChI is InChI=1S/C19H20N4OS/c1-2-3-12-18-21-22-19(25)23(18)20-14-15-8-7-11-17(13-15)24-16-9-5-4-6-10-16/h4-11,13-14H,2-3,12H2,1H3,(H,22,25)/b20-14-. The van der Waals surface area contributed by atoms with Crippen molar-refractivity contribution in [2.45, 2.75) is 26.2 Å². The zero-order valence-corrected chi connectivity index (χ0v) is 14.9. The molecular weight excluding hydrogens is 332 g/mol. The van der Waals surface area contributed by atoms with Gasteiger partial charge in [-0.3, -0.25) is 5.10 Å². The third kappa shape index (κ3) is 4.64. The fourth-order valence-electron chi connectivity index (χ4n) is 2.35. The van der Waals surface area contributed by atoms with E-state index in [2.05, 4.69) is 22.2 Å². The van der Waals surface area contributed by atoms with Gasteiger partial charge in [0.1, 0.15) is 11.5 Å². The first kappa shape index (κ1) is 17.1. The van der Waals surface area contributed by atoms with E-state index in [1.807, 2.05) is 54.6 Å². The number of aromatic amines is 1. The molecule has 0 amide bonds. The van der Waals surface area contributed by atoms with Crippen molar-refractivity contribution in [3.63, 3.8) is 0 Å². The van der Waals surface area contributed by atoms with E-state index in [-0.39, 0.29) is 0 Å². The van der Waals surface area contributed by atoms with Crippen molar-refractivity contribution in [3.05, 3.63) is 70.8 Å². The number of aromatic nitrogens is 3. The van der Waals surface area contributed by atoms with Gasteiger partial charge >= 0.3 is 0 Å². The Morgan fingerprint density at radius 3 is 2.76 bits per heavy atom. The molecule has 2 aromatic carbocycles. The summed E-state index contributed by atoms with van der Waals surface area (Å²) >= 11 is 5.26. The van der Waals surface area contributed by atoms with Crippen LogP contribution in [0.5, 0.6) is 11.5 Å². The lowest BCUT2D eigenvalue weighted by Crippen LogP contribution is -1.99. The van der Waals surface area contributed by atoms with Gasteiger partial charge in [0.05, 0.1) is 6.21 Å². The molecule has 3 aromatic rings. The smallest absolute Gasteiger partial charge is 0.216 e. The van der Waals surface area contributed by atoms with Crippen molar-refractivity contribution in [2.24, 2.45) is 5.10 Å². The van der Waals surface area contributed by atoms with Crippen molar-refractivity contribution < 1.29 is 4.74 Å². The van der Waals surface area contributed by atoms with Gasteiger partial charge in [-0.25, -0.2) is 0 Å². The van der Waals surface area contributed by atoms with Gasteiger partial charge in [-0.05, 0) is 48.5 Å². The average molecular weight is 352 g/mol. The van der Waals surface area contributed by atoms with Crippen LogP contribution in [0.4, 0.5) is 0 Å². The van der Waals surface area contributed by atoms with Crippen molar-refractivity contribution >= 4 is 18.4 Å². The number of hydrogen-bond acceptors (Lipinski definition) is 4. The molecule has 0 atom stereocenters. The lowest BCUT2D eigenvalue weighted by Gasteiger charge is -2.06. The van der Waals surface area contributed by atoms with Crippen LogP contribution in [0.3, 0.4) is 0 Å². The molecule has 25 heavy (non-hydrogen) atoms. The van der Waals surface area contributed by atoms with Crippen LogP contribution in [0.25, 0.3) is 0 Å². The Balaban J connectivity index is 1.77. The highest BCUT2D eigenvalue weighted by molar-refractivity contribution is 7.71. The Labute approximate surface area is 152 Å². The molecule has 3 rings (SSSR count). The molecule has 0 fully saturated rings. The molecule has 0 radical (unpaired) electrons. The molecule has 0 spiro atoms. The van der Waals surface area contributed by atoms with E-state index in [1.54, 1.807) is 10.9 Å². The number of ether oxygens (including phenoxy) is 1. The number of aryl methyl sites for hydroxylation is 1. The quantitative estimate of drug-likeness (QED) is 0.483. The van der Waals surface area contributed by atoms with Crippen molar-refractivity contribution in [3.8, 4) is 11.5 Å². The molecule has 128 valence electrons. The van der Waals surface area contributed by atoms with Crippen LogP contribution in [0.1, 0.15) is 31.2 Å². The number of nitrogens with one attached hydrogen (secondary N) is 1. The van der Waals surface area contributed by atoms with Gasteiger partial charge < -0.3 is 4.74 Å². The lowest BCUT2D eigenvalue weighted by atomic mass is 10.2. The lowest BCUT2D eigenvalue weighted by molar-refractivity contribution is 0.482. The van der Waals surface area contributed by atoms with E-state index >= 15 is 0 Å². The van der Waals surface area contributed by atoms with Crippen LogP contribution < -0.4 is 4.74 Å². The Bertz CT molecular complexity index is 899. The monoisotopic (exact) mass is 352 g/mol. The van der Waals surface area contributed by atoms with Gasteiger partial charge in [0, 0.05) is 6.42 Å². The van der Waals surface area contributed by atoms with Gasteiger partial charge in [-0.15, -0.1) is 0 Å². The minimum atomic E-state index is 0.499. The maximum Gasteiger partial charge on any atom is 0.216 e. The summed E-state index contributed by atoms with van der Waals surface area (Å²) < 4.78 is 8.02. The first-order valence-electron chi connectivity index (χ1n) is 8.30. The number of hydrogen-bond donors (Lipinski definition) is 1. The Morgan fingerprint density at radius 2 is 1.96 bits per heavy atom. The predicted molar refractivity (Wildman–Crippen MR) is 102 cm³/mol. The average Bonchev–Trinajstić information content (AvgIpc) is 2.99. The van der Waals surface area contributed by atoms with Crippen molar-refractivity contribution in [2.75, 3.05) is 0 Å². The number of unbranched alkanes of at least 4 members (excludes halogenated alkanes) is 1. The van der Waals surface area contributed by atoms with E-state index in [9.17, 15) is 0 Å². The minimum absolute atomic E-state index is 0.499. The molecule has 5 nitrogen and oxygen atoms in total. The second-order valence-corrected chi connectivity index (χ2v) is 5.98. The molecule has 0 saturated heterocycles. The SMILES string of the molecule is CCCCc1n[nH]c(=S)n1/N=C\c1cccc(Oc2ccccc2)c1. The normalized spacial score (nSPS) is 11.1. The fraction of sp³-hybridized carbons (Fsp3) is 0.211. The highest BCUT2D eigenvalue weighted by Gasteiger charge is 2.04. The van der Waals surface area contributed by atoms with E-state index in [0.717, 1.165) is 42.1 Å². The summed E-state index contributed by atoms with van der Waals surface area (Å²) in [4.78, 5) is 0. The van der Waals surface area contributed by atoms with Crippen LogP contribution in [0, 0.1) is 4.77 Å². The summed E-state index contributed by atoms with van der Waals surface area (Å²) in [7, 11) is 0. The van der Waals surface area contributed by atoms with Gasteiger partial charge in [0.15, 0.2) is 5.82 Å². The van der Waals surface area contributed by atoms with E-state index in [0.29, 0.717) is 4.77 Å². The summed E-state index contributed by atoms with van der Waals surface area (Å²) in [6.07, 6.45) is 4.76. The van der Waals surface area contributed by atoms with Crippen LogP contribution in [0.15, 0.2) is 59.7 Å². The minimum Gasteiger partial charge on any atom is -0.457 e. The molecule has 6 heteroatoms. The summed E-state index contributed by atoms with van der Waals surface area (Å²) in [5.74, 6) is 2.41. The largest absolute Gasteiger partial charge is 0.457 e. The van der Waals surface area contributed by atoms with Crippen LogP contribution in [0.2, 0.25) is 0 Å². The van der Waals surface area contributed by atoms with Crippen molar-refractivity contribution in [1.29, 1.82) is 0 Å². The fourth-order valence-corrected chi connectivity index (χ4v) is 2.55. The number of H-pyrrole nitrogens is 1. The highest BCUT2D eigenvalue weighted by atomic mass is 32.1. The molecule has 0 aliphatic heterocycles. The second-order valence-electron chi connectivity index (χ2n) is 5.59. The maximum absolute atomic E-state index is 5.85. The predicted octanol–water partition coefficient (Wildman–Crippen LogP) is 4.96. The molecule has 1 heterocycles. The van der Waals surface area contributed by atoms with E-state index in [4.69, 9.17) is 17.0 Å². The third-order valence-electron chi connectivity index (χ3n) is 3.63. The van der Waals surface area contributed by atoms with Gasteiger partial charge in [0.25, 0.3) is 0 Å². The van der Waals surface area contributed by atoms with Gasteiger partial charge in [-0.2, -0.15) is 14.9 Å². The van der Waals surface area contributed by atoms with Crippen LogP contribution >= 0.6 is 12.2 Å². The molecule has 1 N–H and O–H groups in total. The number of nitrogens with zero attached hydrogens (tertiary/aromatic N) is 3. The molecular formula is C19H20N4OS. The molecule has 1 aromatic heterocycles. The number of rotatable bonds is 7. The first-order chi connectivity index (χ1) is 12.3. The van der Waals surface area contributed by atoms with Gasteiger partial charge in [0.2, 0.25) is 4.77 Å². The molecule has 0 bridgehead atoms. The molecule has 0 aliphatic rings. The summed E-state index contributed by atoms with van der Waals surface area (Å²) in [6, 6.07) is 17.4. The van der Waals surface area contributed by atoms with E-state index in [1.165, 1.54) is 0 Å². The van der Waals surface area contributed by atoms with Crippen LogP contribution in [-0.2, 0) is 6.42 Å². The second kappa shape index (κ2) is 8.39. The molecule has 0 aliphatic carbocycles. The summed E-state index contributed by atoms with van der Waals surface area (Å²) in [5, 5.41) is 11.5. The Hall–Kier alpha value is -2.73. The zero-order chi connectivity index (χ0) is 17.5. The first-order valence-corrected chi connectivity index (χ1v) is 8.70. The Kier molecular flexibility index (Phi) is 5.74. The van der Waals surface area contributed by atoms with E-state index < -0.39 is 0 Å². The Morgan fingerprint density at radius 1 is 1.16 bits per heavy atom. The summed E-state index contributed by atoms with van der Waals surface area (Å²) in [5.41, 5.74) is 0.929. The number of benzene rings is 2. The van der Waals surface area contributed by atoms with Gasteiger partial charge in [-0.1, -0.05) is 43.7 Å². The maximum atomic E-state index is 5.85. The highest BCUT2D eigenvalue weighted by Crippen LogP contribution is 2.21. The topological polar surface area (TPSA) is 55.2 Å². The zero-order valence-electron chi connectivity index (χ0n) is 14.1. The van der Waals surface area contributed by atoms with Crippen molar-refractivity contribution in [1.82, 2.24) is 14.9 Å². The van der Waals surface area contributed by atoms with Crippen LogP contribution in [-0.4, -0.2) is 21.1 Å². The number of para-hydroxylation sites is 1. The summed E-state index contributed by atoms with van der Waals surface area (Å²) in [6.45, 7) is 2.15.